The highest BCUT2D eigenvalue weighted by Crippen LogP contribution is 2.15. The van der Waals surface area contributed by atoms with E-state index in [0.717, 1.165) is 11.3 Å². The van der Waals surface area contributed by atoms with Crippen molar-refractivity contribution in [3.05, 3.63) is 39.8 Å². The molecule has 0 saturated heterocycles. The largest absolute Gasteiger partial charge is 0.389 e. The molecular formula is C13H18N6O3. The lowest BCUT2D eigenvalue weighted by Gasteiger charge is -2.12. The molecule has 0 radical (unpaired) electrons. The number of amides is 1. The van der Waals surface area contributed by atoms with Gasteiger partial charge in [-0.2, -0.15) is 9.78 Å². The molecule has 1 N–H and O–H groups in total. The van der Waals surface area contributed by atoms with Gasteiger partial charge in [-0.15, -0.1) is 0 Å². The van der Waals surface area contributed by atoms with E-state index in [0.29, 0.717) is 6.54 Å². The van der Waals surface area contributed by atoms with E-state index in [4.69, 9.17) is 0 Å². The number of aryl methyl sites for hydroxylation is 3. The van der Waals surface area contributed by atoms with E-state index in [-0.39, 0.29) is 24.2 Å². The molecule has 2 rings (SSSR count). The Kier molecular flexibility index (Phi) is 4.54. The highest BCUT2D eigenvalue weighted by molar-refractivity contribution is 5.76. The minimum Gasteiger partial charge on any atom is -0.358 e. The SMILES string of the molecule is Cc1nn(C)cc1C(C)NC(=O)CCn1ccc([N+](=O)[O-])n1. The third-order valence-electron chi connectivity index (χ3n) is 3.28. The van der Waals surface area contributed by atoms with Crippen LogP contribution >= 0.6 is 0 Å². The molecule has 0 aromatic carbocycles. The van der Waals surface area contributed by atoms with Gasteiger partial charge in [-0.05, 0) is 18.8 Å². The zero-order valence-corrected chi connectivity index (χ0v) is 12.7. The molecule has 0 aliphatic carbocycles. The summed E-state index contributed by atoms with van der Waals surface area (Å²) in [5.74, 6) is -0.367. The van der Waals surface area contributed by atoms with Crippen molar-refractivity contribution >= 4 is 11.7 Å². The van der Waals surface area contributed by atoms with Crippen LogP contribution in [0.1, 0.15) is 30.6 Å². The first-order valence-corrected chi connectivity index (χ1v) is 6.84. The molecule has 0 aliphatic heterocycles. The zero-order chi connectivity index (χ0) is 16.3. The second kappa shape index (κ2) is 6.37. The Balaban J connectivity index is 1.87. The first-order valence-electron chi connectivity index (χ1n) is 6.84. The molecule has 2 aromatic rings. The quantitative estimate of drug-likeness (QED) is 0.635. The Morgan fingerprint density at radius 2 is 2.23 bits per heavy atom. The predicted molar refractivity (Wildman–Crippen MR) is 78.0 cm³/mol. The minimum absolute atomic E-state index is 0.145. The maximum absolute atomic E-state index is 11.9. The van der Waals surface area contributed by atoms with Gasteiger partial charge in [-0.25, -0.2) is 0 Å². The van der Waals surface area contributed by atoms with Gasteiger partial charge in [-0.3, -0.25) is 9.48 Å². The van der Waals surface area contributed by atoms with Crippen LogP contribution in [0.15, 0.2) is 18.5 Å². The minimum atomic E-state index is -0.566. The summed E-state index contributed by atoms with van der Waals surface area (Å²) in [4.78, 5) is 21.9. The molecule has 2 heterocycles. The van der Waals surface area contributed by atoms with Crippen molar-refractivity contribution in [2.45, 2.75) is 32.9 Å². The number of nitrogens with zero attached hydrogens (tertiary/aromatic N) is 5. The number of hydrogen-bond acceptors (Lipinski definition) is 5. The fourth-order valence-electron chi connectivity index (χ4n) is 2.22. The number of rotatable bonds is 6. The van der Waals surface area contributed by atoms with E-state index in [2.05, 4.69) is 15.5 Å². The summed E-state index contributed by atoms with van der Waals surface area (Å²) in [5.41, 5.74) is 1.84. The molecule has 0 aliphatic rings. The topological polar surface area (TPSA) is 108 Å². The van der Waals surface area contributed by atoms with Crippen LogP contribution in [-0.2, 0) is 18.4 Å². The third-order valence-corrected chi connectivity index (χ3v) is 3.28. The van der Waals surface area contributed by atoms with Gasteiger partial charge < -0.3 is 15.4 Å². The number of hydrogen-bond donors (Lipinski definition) is 1. The summed E-state index contributed by atoms with van der Waals surface area (Å²) in [6, 6.07) is 1.16. The number of nitro groups is 1. The van der Waals surface area contributed by atoms with Gasteiger partial charge >= 0.3 is 5.82 Å². The number of nitrogens with one attached hydrogen (secondary N) is 1. The number of aromatic nitrogens is 4. The molecule has 0 saturated carbocycles. The summed E-state index contributed by atoms with van der Waals surface area (Å²) < 4.78 is 3.09. The Morgan fingerprint density at radius 3 is 2.77 bits per heavy atom. The van der Waals surface area contributed by atoms with Gasteiger partial charge in [-0.1, -0.05) is 0 Å². The normalized spacial score (nSPS) is 12.1. The van der Waals surface area contributed by atoms with Crippen LogP contribution in [0.25, 0.3) is 0 Å². The fraction of sp³-hybridized carbons (Fsp3) is 0.462. The molecule has 1 amide bonds. The molecule has 1 unspecified atom stereocenters. The maximum Gasteiger partial charge on any atom is 0.389 e. The number of carbonyl (C=O) groups excluding carboxylic acids is 1. The lowest BCUT2D eigenvalue weighted by molar-refractivity contribution is -0.389. The average Bonchev–Trinajstić information content (AvgIpc) is 3.03. The second-order valence-electron chi connectivity index (χ2n) is 5.08. The van der Waals surface area contributed by atoms with E-state index < -0.39 is 4.92 Å². The fourth-order valence-corrected chi connectivity index (χ4v) is 2.22. The number of carbonyl (C=O) groups is 1. The van der Waals surface area contributed by atoms with Crippen molar-refractivity contribution in [1.29, 1.82) is 0 Å². The molecule has 0 bridgehead atoms. The van der Waals surface area contributed by atoms with Gasteiger partial charge in [0.2, 0.25) is 5.91 Å². The highest BCUT2D eigenvalue weighted by atomic mass is 16.6. The van der Waals surface area contributed by atoms with E-state index in [1.165, 1.54) is 16.9 Å². The maximum atomic E-state index is 11.9. The molecule has 9 nitrogen and oxygen atoms in total. The van der Waals surface area contributed by atoms with Crippen molar-refractivity contribution in [2.24, 2.45) is 7.05 Å². The molecule has 22 heavy (non-hydrogen) atoms. The van der Waals surface area contributed by atoms with E-state index in [9.17, 15) is 14.9 Å². The molecule has 0 spiro atoms. The Hall–Kier alpha value is -2.71. The molecule has 118 valence electrons. The lowest BCUT2D eigenvalue weighted by atomic mass is 10.1. The van der Waals surface area contributed by atoms with Crippen LogP contribution in [-0.4, -0.2) is 30.4 Å². The summed E-state index contributed by atoms with van der Waals surface area (Å²) in [7, 11) is 1.83. The van der Waals surface area contributed by atoms with E-state index in [1.54, 1.807) is 4.68 Å². The summed E-state index contributed by atoms with van der Waals surface area (Å²) in [6.07, 6.45) is 3.56. The van der Waals surface area contributed by atoms with Crippen LogP contribution in [0, 0.1) is 17.0 Å². The predicted octanol–water partition coefficient (Wildman–Crippen LogP) is 1.10. The van der Waals surface area contributed by atoms with Crippen molar-refractivity contribution < 1.29 is 9.72 Å². The molecule has 0 fully saturated rings. The van der Waals surface area contributed by atoms with Gasteiger partial charge in [0.05, 0.1) is 35.6 Å². The van der Waals surface area contributed by atoms with Gasteiger partial charge in [0.25, 0.3) is 0 Å². The van der Waals surface area contributed by atoms with E-state index in [1.807, 2.05) is 27.1 Å². The zero-order valence-electron chi connectivity index (χ0n) is 12.7. The van der Waals surface area contributed by atoms with Crippen molar-refractivity contribution in [3.8, 4) is 0 Å². The van der Waals surface area contributed by atoms with Gasteiger partial charge in [0.1, 0.15) is 0 Å². The second-order valence-corrected chi connectivity index (χ2v) is 5.08. The van der Waals surface area contributed by atoms with Crippen LogP contribution in [0.3, 0.4) is 0 Å². The van der Waals surface area contributed by atoms with Crippen LogP contribution in [0.2, 0.25) is 0 Å². The van der Waals surface area contributed by atoms with Crippen LogP contribution in [0.5, 0.6) is 0 Å². The Labute approximate surface area is 127 Å². The summed E-state index contributed by atoms with van der Waals surface area (Å²) >= 11 is 0. The van der Waals surface area contributed by atoms with E-state index >= 15 is 0 Å². The molecular weight excluding hydrogens is 288 g/mol. The first-order chi connectivity index (χ1) is 10.4. The molecule has 9 heteroatoms. The molecule has 2 aromatic heterocycles. The van der Waals surface area contributed by atoms with Crippen molar-refractivity contribution in [3.63, 3.8) is 0 Å². The van der Waals surface area contributed by atoms with Crippen molar-refractivity contribution in [2.75, 3.05) is 0 Å². The monoisotopic (exact) mass is 306 g/mol. The van der Waals surface area contributed by atoms with Crippen LogP contribution in [0.4, 0.5) is 5.82 Å². The first kappa shape index (κ1) is 15.7. The van der Waals surface area contributed by atoms with Crippen LogP contribution < -0.4 is 5.32 Å². The molecule has 1 atom stereocenters. The smallest absolute Gasteiger partial charge is 0.358 e. The Morgan fingerprint density at radius 1 is 1.50 bits per heavy atom. The Bertz CT molecular complexity index is 690. The van der Waals surface area contributed by atoms with Gasteiger partial charge in [0, 0.05) is 25.2 Å². The summed E-state index contributed by atoms with van der Waals surface area (Å²) in [6.45, 7) is 4.07. The van der Waals surface area contributed by atoms with Gasteiger partial charge in [0.15, 0.2) is 0 Å². The average molecular weight is 306 g/mol. The van der Waals surface area contributed by atoms with Crippen molar-refractivity contribution in [1.82, 2.24) is 24.9 Å². The third kappa shape index (κ3) is 3.68. The lowest BCUT2D eigenvalue weighted by Crippen LogP contribution is -2.27. The highest BCUT2D eigenvalue weighted by Gasteiger charge is 2.15. The standard InChI is InChI=1S/C13H18N6O3/c1-9(11-8-17(3)15-10(11)2)14-13(20)5-7-18-6-4-12(16-18)19(21)22/h4,6,8-9H,5,7H2,1-3H3,(H,14,20). The summed E-state index contributed by atoms with van der Waals surface area (Å²) in [5, 5.41) is 21.4.